The van der Waals surface area contributed by atoms with Gasteiger partial charge in [0.1, 0.15) is 28.9 Å². The second-order valence-electron chi connectivity index (χ2n) is 6.44. The Bertz CT molecular complexity index is 1140. The van der Waals surface area contributed by atoms with E-state index in [0.717, 1.165) is 11.5 Å². The zero-order valence-corrected chi connectivity index (χ0v) is 14.7. The van der Waals surface area contributed by atoms with E-state index in [0.29, 0.717) is 16.7 Å². The molecule has 0 aliphatic rings. The molecule has 3 aromatic heterocycles. The summed E-state index contributed by atoms with van der Waals surface area (Å²) in [5.41, 5.74) is -1.62. The Morgan fingerprint density at radius 1 is 1.07 bits per heavy atom. The predicted octanol–water partition coefficient (Wildman–Crippen LogP) is 4.53. The number of aryl methyl sites for hydroxylation is 1. The standard InChI is InChI=1S/C19H16F3N3O3/c1-11-6-7-14(27-11)18(26,19(20,21)22)8-9-23-17-16-15(24-10-25-17)12-4-2-3-5-13(12)28-16/h2-7,10,26H,8-9H2,1H3,(H,23,24,25)/t18-/m1/s1. The highest BCUT2D eigenvalue weighted by Crippen LogP contribution is 2.42. The van der Waals surface area contributed by atoms with Gasteiger partial charge < -0.3 is 19.3 Å². The first-order valence-electron chi connectivity index (χ1n) is 8.52. The van der Waals surface area contributed by atoms with Crippen LogP contribution in [0.4, 0.5) is 19.0 Å². The Morgan fingerprint density at radius 3 is 2.57 bits per heavy atom. The molecule has 0 amide bonds. The average molecular weight is 391 g/mol. The highest BCUT2D eigenvalue weighted by atomic mass is 19.4. The van der Waals surface area contributed by atoms with Gasteiger partial charge in [0.05, 0.1) is 0 Å². The van der Waals surface area contributed by atoms with Gasteiger partial charge in [-0.05, 0) is 31.2 Å². The molecule has 146 valence electrons. The molecule has 0 aliphatic heterocycles. The zero-order valence-electron chi connectivity index (χ0n) is 14.7. The van der Waals surface area contributed by atoms with Crippen molar-refractivity contribution in [2.45, 2.75) is 25.1 Å². The van der Waals surface area contributed by atoms with Crippen molar-refractivity contribution in [1.29, 1.82) is 0 Å². The molecule has 6 nitrogen and oxygen atoms in total. The number of para-hydroxylation sites is 1. The minimum Gasteiger partial charge on any atom is -0.463 e. The van der Waals surface area contributed by atoms with Crippen molar-refractivity contribution in [1.82, 2.24) is 9.97 Å². The zero-order chi connectivity index (χ0) is 19.9. The number of benzene rings is 1. The summed E-state index contributed by atoms with van der Waals surface area (Å²) in [4.78, 5) is 8.25. The number of hydrogen-bond acceptors (Lipinski definition) is 6. The first kappa shape index (κ1) is 18.3. The molecular weight excluding hydrogens is 375 g/mol. The number of nitrogens with zero attached hydrogens (tertiary/aromatic N) is 2. The molecule has 0 aliphatic carbocycles. The van der Waals surface area contributed by atoms with Crippen LogP contribution in [0.15, 0.2) is 51.6 Å². The van der Waals surface area contributed by atoms with Gasteiger partial charge in [-0.25, -0.2) is 9.97 Å². The van der Waals surface area contributed by atoms with E-state index in [1.807, 2.05) is 12.1 Å². The van der Waals surface area contributed by atoms with E-state index < -0.39 is 24.0 Å². The van der Waals surface area contributed by atoms with Crippen molar-refractivity contribution in [2.75, 3.05) is 11.9 Å². The van der Waals surface area contributed by atoms with Crippen LogP contribution in [0.5, 0.6) is 0 Å². The number of furan rings is 2. The van der Waals surface area contributed by atoms with Crippen molar-refractivity contribution in [3.8, 4) is 0 Å². The smallest absolute Gasteiger partial charge is 0.424 e. The lowest BCUT2D eigenvalue weighted by atomic mass is 9.95. The van der Waals surface area contributed by atoms with Gasteiger partial charge in [-0.3, -0.25) is 0 Å². The largest absolute Gasteiger partial charge is 0.463 e. The maximum Gasteiger partial charge on any atom is 0.424 e. The van der Waals surface area contributed by atoms with E-state index in [2.05, 4.69) is 15.3 Å². The van der Waals surface area contributed by atoms with Gasteiger partial charge in [0.15, 0.2) is 11.4 Å². The van der Waals surface area contributed by atoms with Gasteiger partial charge in [0.2, 0.25) is 5.60 Å². The number of rotatable bonds is 5. The first-order chi connectivity index (χ1) is 13.3. The number of nitrogens with one attached hydrogen (secondary N) is 1. The number of aromatic nitrogens is 2. The van der Waals surface area contributed by atoms with Crippen LogP contribution >= 0.6 is 0 Å². The molecule has 1 aromatic carbocycles. The summed E-state index contributed by atoms with van der Waals surface area (Å²) >= 11 is 0. The summed E-state index contributed by atoms with van der Waals surface area (Å²) in [5, 5.41) is 13.9. The van der Waals surface area contributed by atoms with Gasteiger partial charge in [-0.1, -0.05) is 12.1 Å². The Kier molecular flexibility index (Phi) is 4.26. The monoisotopic (exact) mass is 391 g/mol. The van der Waals surface area contributed by atoms with Crippen molar-refractivity contribution >= 4 is 27.9 Å². The van der Waals surface area contributed by atoms with Crippen molar-refractivity contribution in [3.05, 3.63) is 54.2 Å². The van der Waals surface area contributed by atoms with Gasteiger partial charge >= 0.3 is 6.18 Å². The normalized spacial score (nSPS) is 14.5. The fourth-order valence-corrected chi connectivity index (χ4v) is 3.07. The average Bonchev–Trinajstić information content (AvgIpc) is 3.25. The first-order valence-corrected chi connectivity index (χ1v) is 8.52. The Labute approximate surface area is 157 Å². The predicted molar refractivity (Wildman–Crippen MR) is 95.8 cm³/mol. The molecule has 0 unspecified atom stereocenters. The lowest BCUT2D eigenvalue weighted by Crippen LogP contribution is -2.43. The van der Waals surface area contributed by atoms with Crippen LogP contribution in [0.1, 0.15) is 17.9 Å². The van der Waals surface area contributed by atoms with E-state index in [4.69, 9.17) is 8.83 Å². The van der Waals surface area contributed by atoms with Crippen molar-refractivity contribution in [3.63, 3.8) is 0 Å². The molecule has 0 spiro atoms. The minimum atomic E-state index is -4.90. The van der Waals surface area contributed by atoms with Crippen LogP contribution in [0.2, 0.25) is 0 Å². The summed E-state index contributed by atoms with van der Waals surface area (Å²) < 4.78 is 51.4. The molecule has 28 heavy (non-hydrogen) atoms. The van der Waals surface area contributed by atoms with Gasteiger partial charge in [-0.15, -0.1) is 0 Å². The van der Waals surface area contributed by atoms with Gasteiger partial charge in [-0.2, -0.15) is 13.2 Å². The summed E-state index contributed by atoms with van der Waals surface area (Å²) in [7, 11) is 0. The molecule has 0 radical (unpaired) electrons. The molecule has 2 N–H and O–H groups in total. The second kappa shape index (κ2) is 6.52. The third-order valence-corrected chi connectivity index (χ3v) is 4.55. The fraction of sp³-hybridized carbons (Fsp3) is 0.263. The number of fused-ring (bicyclic) bond motifs is 3. The molecule has 0 saturated carbocycles. The topological polar surface area (TPSA) is 84.3 Å². The summed E-state index contributed by atoms with van der Waals surface area (Å²) in [6.07, 6.45) is -4.27. The van der Waals surface area contributed by atoms with Gasteiger partial charge in [0, 0.05) is 18.4 Å². The van der Waals surface area contributed by atoms with Crippen LogP contribution in [0, 0.1) is 6.92 Å². The lowest BCUT2D eigenvalue weighted by Gasteiger charge is -2.28. The molecule has 0 bridgehead atoms. The molecule has 0 saturated heterocycles. The molecule has 4 rings (SSSR count). The summed E-state index contributed by atoms with van der Waals surface area (Å²) in [5.74, 6) is -0.0114. The number of alkyl halides is 3. The molecule has 3 heterocycles. The van der Waals surface area contributed by atoms with E-state index in [1.54, 1.807) is 12.1 Å². The van der Waals surface area contributed by atoms with Crippen LogP contribution in [-0.4, -0.2) is 27.8 Å². The van der Waals surface area contributed by atoms with Crippen molar-refractivity contribution < 1.29 is 27.1 Å². The second-order valence-corrected chi connectivity index (χ2v) is 6.44. The molecular formula is C19H16F3N3O3. The van der Waals surface area contributed by atoms with Crippen LogP contribution in [0.3, 0.4) is 0 Å². The highest BCUT2D eigenvalue weighted by molar-refractivity contribution is 6.05. The van der Waals surface area contributed by atoms with E-state index in [-0.39, 0.29) is 18.1 Å². The Hall–Kier alpha value is -3.07. The molecule has 1 atom stereocenters. The van der Waals surface area contributed by atoms with E-state index >= 15 is 0 Å². The summed E-state index contributed by atoms with van der Waals surface area (Å²) in [6.45, 7) is 1.29. The summed E-state index contributed by atoms with van der Waals surface area (Å²) in [6, 6.07) is 9.75. The van der Waals surface area contributed by atoms with E-state index in [9.17, 15) is 18.3 Å². The minimum absolute atomic E-state index is 0.223. The molecule has 0 fully saturated rings. The maximum absolute atomic E-state index is 13.5. The number of halogens is 3. The SMILES string of the molecule is Cc1ccc([C@](O)(CCNc2ncnc3c2oc2ccccc23)C(F)(F)F)o1. The van der Waals surface area contributed by atoms with E-state index in [1.165, 1.54) is 19.3 Å². The number of aliphatic hydroxyl groups is 1. The number of anilines is 1. The van der Waals surface area contributed by atoms with Crippen LogP contribution in [0.25, 0.3) is 22.1 Å². The quantitative estimate of drug-likeness (QED) is 0.520. The lowest BCUT2D eigenvalue weighted by molar-refractivity contribution is -0.274. The fourth-order valence-electron chi connectivity index (χ4n) is 3.07. The van der Waals surface area contributed by atoms with Crippen LogP contribution < -0.4 is 5.32 Å². The third-order valence-electron chi connectivity index (χ3n) is 4.55. The maximum atomic E-state index is 13.5. The highest BCUT2D eigenvalue weighted by Gasteiger charge is 2.56. The van der Waals surface area contributed by atoms with Crippen LogP contribution in [-0.2, 0) is 5.60 Å². The van der Waals surface area contributed by atoms with Crippen molar-refractivity contribution in [2.24, 2.45) is 0 Å². The molecule has 9 heteroatoms. The Morgan fingerprint density at radius 2 is 1.86 bits per heavy atom. The van der Waals surface area contributed by atoms with Gasteiger partial charge in [0.25, 0.3) is 0 Å². The Balaban J connectivity index is 1.60. The molecule has 4 aromatic rings. The number of hydrogen-bond donors (Lipinski definition) is 2. The third kappa shape index (κ3) is 2.97.